The second-order valence-corrected chi connectivity index (χ2v) is 7.21. The van der Waals surface area contributed by atoms with Crippen LogP contribution in [0.3, 0.4) is 0 Å². The van der Waals surface area contributed by atoms with Gasteiger partial charge in [-0.15, -0.1) is 0 Å². The molecule has 0 fully saturated rings. The molecule has 0 atom stereocenters. The van der Waals surface area contributed by atoms with Crippen molar-refractivity contribution in [2.24, 2.45) is 0 Å². The van der Waals surface area contributed by atoms with Crippen molar-refractivity contribution >= 4 is 34.4 Å². The number of fused-ring (bicyclic) bond motifs is 1. The topological polar surface area (TPSA) is 101 Å². The number of anilines is 1. The van der Waals surface area contributed by atoms with Crippen LogP contribution in [-0.4, -0.2) is 26.2 Å². The number of benzene rings is 2. The Morgan fingerprint density at radius 2 is 1.83 bits per heavy atom. The second kappa shape index (κ2) is 8.59. The average molecular weight is 413 g/mol. The summed E-state index contributed by atoms with van der Waals surface area (Å²) in [6.07, 6.45) is 1.58. The van der Waals surface area contributed by atoms with Gasteiger partial charge in [0.15, 0.2) is 10.8 Å². The number of pyridine rings is 1. The molecule has 1 amide bonds. The molecule has 4 aromatic rings. The highest BCUT2D eigenvalue weighted by Gasteiger charge is 2.15. The van der Waals surface area contributed by atoms with E-state index in [2.05, 4.69) is 15.3 Å². The Morgan fingerprint density at radius 1 is 1.07 bits per heavy atom. The van der Waals surface area contributed by atoms with Crippen LogP contribution >= 0.6 is 11.8 Å². The first-order valence-corrected chi connectivity index (χ1v) is 10.0. The summed E-state index contributed by atoms with van der Waals surface area (Å²) >= 11 is 1.15. The van der Waals surface area contributed by atoms with E-state index in [9.17, 15) is 9.59 Å². The van der Waals surface area contributed by atoms with Gasteiger partial charge in [0, 0.05) is 11.9 Å². The summed E-state index contributed by atoms with van der Waals surface area (Å²) in [6, 6.07) is 21.2. The van der Waals surface area contributed by atoms with Gasteiger partial charge < -0.3 is 5.32 Å². The Labute approximate surface area is 176 Å². The lowest BCUT2D eigenvalue weighted by molar-refractivity contribution is -0.113. The molecule has 7 nitrogen and oxygen atoms in total. The molecule has 0 aliphatic heterocycles. The van der Waals surface area contributed by atoms with Crippen molar-refractivity contribution in [3.8, 4) is 11.8 Å². The summed E-state index contributed by atoms with van der Waals surface area (Å²) in [7, 11) is 0. The number of aromatic nitrogens is 3. The van der Waals surface area contributed by atoms with Crippen molar-refractivity contribution in [2.45, 2.75) is 5.16 Å². The van der Waals surface area contributed by atoms with E-state index in [1.54, 1.807) is 42.6 Å². The van der Waals surface area contributed by atoms with Gasteiger partial charge in [-0.3, -0.25) is 14.2 Å². The fraction of sp³-hybridized carbons (Fsp3) is 0.0455. The molecule has 0 unspecified atom stereocenters. The highest BCUT2D eigenvalue weighted by molar-refractivity contribution is 7.99. The zero-order valence-electron chi connectivity index (χ0n) is 15.6. The summed E-state index contributed by atoms with van der Waals surface area (Å²) in [4.78, 5) is 34.2. The molecule has 146 valence electrons. The number of hydrogen-bond donors (Lipinski definition) is 1. The van der Waals surface area contributed by atoms with Crippen LogP contribution in [-0.2, 0) is 4.79 Å². The van der Waals surface area contributed by atoms with E-state index in [0.29, 0.717) is 33.1 Å². The van der Waals surface area contributed by atoms with Crippen LogP contribution in [0.5, 0.6) is 0 Å². The predicted octanol–water partition coefficient (Wildman–Crippen LogP) is 3.38. The summed E-state index contributed by atoms with van der Waals surface area (Å²) in [5.74, 6) is -0.197. The number of nitrogens with one attached hydrogen (secondary N) is 1. The zero-order valence-corrected chi connectivity index (χ0v) is 16.5. The third-order valence-electron chi connectivity index (χ3n) is 4.26. The lowest BCUT2D eigenvalue weighted by atomic mass is 10.2. The van der Waals surface area contributed by atoms with Gasteiger partial charge in [0.25, 0.3) is 5.56 Å². The molecule has 30 heavy (non-hydrogen) atoms. The molecule has 0 bridgehead atoms. The molecule has 2 aromatic carbocycles. The first-order chi connectivity index (χ1) is 14.7. The maximum Gasteiger partial charge on any atom is 0.268 e. The third-order valence-corrected chi connectivity index (χ3v) is 5.20. The largest absolute Gasteiger partial charge is 0.325 e. The van der Waals surface area contributed by atoms with Crippen LogP contribution in [0.15, 0.2) is 82.9 Å². The smallest absolute Gasteiger partial charge is 0.268 e. The summed E-state index contributed by atoms with van der Waals surface area (Å²) < 4.78 is 1.49. The van der Waals surface area contributed by atoms with Gasteiger partial charge >= 0.3 is 0 Å². The number of carbonyl (C=O) groups excluding carboxylic acids is 1. The molecule has 4 rings (SSSR count). The van der Waals surface area contributed by atoms with Crippen molar-refractivity contribution in [3.05, 3.63) is 88.8 Å². The van der Waals surface area contributed by atoms with Crippen LogP contribution in [0, 0.1) is 11.3 Å². The van der Waals surface area contributed by atoms with Gasteiger partial charge in [0.1, 0.15) is 0 Å². The average Bonchev–Trinajstić information content (AvgIpc) is 2.79. The van der Waals surface area contributed by atoms with E-state index >= 15 is 0 Å². The van der Waals surface area contributed by atoms with Crippen LogP contribution in [0.25, 0.3) is 16.7 Å². The maximum absolute atomic E-state index is 13.1. The van der Waals surface area contributed by atoms with E-state index < -0.39 is 0 Å². The van der Waals surface area contributed by atoms with E-state index in [-0.39, 0.29) is 17.2 Å². The van der Waals surface area contributed by atoms with Crippen molar-refractivity contribution in [2.75, 3.05) is 11.1 Å². The number of para-hydroxylation sites is 1. The van der Waals surface area contributed by atoms with E-state index in [1.165, 1.54) is 4.57 Å². The Balaban J connectivity index is 1.62. The van der Waals surface area contributed by atoms with E-state index in [4.69, 9.17) is 5.26 Å². The van der Waals surface area contributed by atoms with Gasteiger partial charge in [-0.05, 0) is 48.5 Å². The quantitative estimate of drug-likeness (QED) is 0.398. The minimum absolute atomic E-state index is 0.0532. The number of thioether (sulfide) groups is 1. The van der Waals surface area contributed by atoms with E-state index in [1.807, 2.05) is 36.4 Å². The number of carbonyl (C=O) groups is 1. The van der Waals surface area contributed by atoms with Crippen LogP contribution in [0.1, 0.15) is 5.56 Å². The first kappa shape index (κ1) is 19.4. The Hall–Kier alpha value is -3.96. The van der Waals surface area contributed by atoms with Crippen molar-refractivity contribution < 1.29 is 4.79 Å². The number of rotatable bonds is 5. The molecule has 1 N–H and O–H groups in total. The molecular weight excluding hydrogens is 398 g/mol. The SMILES string of the molecule is N#Cc1ccc(NC(=O)CSc2nc3ncccc3c(=O)n2-c2ccccc2)cc1. The molecule has 0 saturated carbocycles. The van der Waals surface area contributed by atoms with Crippen LogP contribution in [0.4, 0.5) is 5.69 Å². The maximum atomic E-state index is 13.1. The summed E-state index contributed by atoms with van der Waals surface area (Å²) in [5.41, 5.74) is 1.87. The van der Waals surface area contributed by atoms with Crippen molar-refractivity contribution in [1.29, 1.82) is 5.26 Å². The second-order valence-electron chi connectivity index (χ2n) is 6.27. The molecule has 0 saturated heterocycles. The van der Waals surface area contributed by atoms with Crippen LogP contribution < -0.4 is 10.9 Å². The summed E-state index contributed by atoms with van der Waals surface area (Å²) in [6.45, 7) is 0. The fourth-order valence-corrected chi connectivity index (χ4v) is 3.66. The molecule has 0 radical (unpaired) electrons. The zero-order chi connectivity index (χ0) is 20.9. The minimum atomic E-state index is -0.250. The predicted molar refractivity (Wildman–Crippen MR) is 116 cm³/mol. The molecular formula is C22H15N5O2S. The van der Waals surface area contributed by atoms with Gasteiger partial charge in [0.05, 0.1) is 28.5 Å². The standard InChI is InChI=1S/C22H15N5O2S/c23-13-15-8-10-16(11-9-15)25-19(28)14-30-22-26-20-18(7-4-12-24-20)21(29)27(22)17-5-2-1-3-6-17/h1-12H,14H2,(H,25,28). The highest BCUT2D eigenvalue weighted by Crippen LogP contribution is 2.21. The Kier molecular flexibility index (Phi) is 5.54. The van der Waals surface area contributed by atoms with Crippen molar-refractivity contribution in [1.82, 2.24) is 14.5 Å². The molecule has 0 aliphatic rings. The Bertz CT molecular complexity index is 1310. The number of nitriles is 1. The van der Waals surface area contributed by atoms with E-state index in [0.717, 1.165) is 11.8 Å². The normalized spacial score (nSPS) is 10.5. The lowest BCUT2D eigenvalue weighted by Gasteiger charge is -2.12. The number of nitrogens with zero attached hydrogens (tertiary/aromatic N) is 4. The van der Waals surface area contributed by atoms with Gasteiger partial charge in [0.2, 0.25) is 5.91 Å². The fourth-order valence-electron chi connectivity index (χ4n) is 2.86. The Morgan fingerprint density at radius 3 is 2.57 bits per heavy atom. The monoisotopic (exact) mass is 413 g/mol. The lowest BCUT2D eigenvalue weighted by Crippen LogP contribution is -2.23. The van der Waals surface area contributed by atoms with Gasteiger partial charge in [-0.1, -0.05) is 30.0 Å². The number of hydrogen-bond acceptors (Lipinski definition) is 6. The molecule has 0 spiro atoms. The molecule has 8 heteroatoms. The summed E-state index contributed by atoms with van der Waals surface area (Å²) in [5, 5.41) is 12.4. The third kappa shape index (κ3) is 4.06. The van der Waals surface area contributed by atoms with Crippen LogP contribution in [0.2, 0.25) is 0 Å². The van der Waals surface area contributed by atoms with Gasteiger partial charge in [-0.25, -0.2) is 9.97 Å². The highest BCUT2D eigenvalue weighted by atomic mass is 32.2. The molecule has 0 aliphatic carbocycles. The molecule has 2 heterocycles. The van der Waals surface area contributed by atoms with Gasteiger partial charge in [-0.2, -0.15) is 5.26 Å². The first-order valence-electron chi connectivity index (χ1n) is 9.02. The van der Waals surface area contributed by atoms with Crippen molar-refractivity contribution in [3.63, 3.8) is 0 Å². The number of amides is 1. The molecule has 2 aromatic heterocycles. The minimum Gasteiger partial charge on any atom is -0.325 e.